The van der Waals surface area contributed by atoms with Crippen LogP contribution in [0.2, 0.25) is 5.02 Å². The number of fused-ring (bicyclic) bond motifs is 1. The lowest BCUT2D eigenvalue weighted by molar-refractivity contribution is -0.118. The first-order valence-corrected chi connectivity index (χ1v) is 10.4. The number of piperidine rings is 1. The van der Waals surface area contributed by atoms with E-state index in [1.54, 1.807) is 6.07 Å². The number of nitrogens with one attached hydrogen (secondary N) is 1. The van der Waals surface area contributed by atoms with E-state index >= 15 is 0 Å². The van der Waals surface area contributed by atoms with Gasteiger partial charge in [0.05, 0.1) is 22.9 Å². The van der Waals surface area contributed by atoms with Gasteiger partial charge in [-0.2, -0.15) is 0 Å². The van der Waals surface area contributed by atoms with Crippen molar-refractivity contribution in [3.05, 3.63) is 22.2 Å². The number of hydrogen-bond donors (Lipinski definition) is 3. The third-order valence-electron chi connectivity index (χ3n) is 5.54. The van der Waals surface area contributed by atoms with Gasteiger partial charge in [-0.05, 0) is 38.3 Å². The van der Waals surface area contributed by atoms with Gasteiger partial charge in [-0.15, -0.1) is 0 Å². The Morgan fingerprint density at radius 2 is 2.00 bits per heavy atom. The van der Waals surface area contributed by atoms with E-state index < -0.39 is 0 Å². The predicted octanol–water partition coefficient (Wildman–Crippen LogP) is 2.10. The van der Waals surface area contributed by atoms with Crippen LogP contribution in [0.25, 0.3) is 0 Å². The molecular weight excluding hydrogens is 380 g/mol. The Morgan fingerprint density at radius 3 is 2.71 bits per heavy atom. The van der Waals surface area contributed by atoms with Crippen LogP contribution < -0.4 is 21.5 Å². The minimum Gasteiger partial charge on any atom is -0.492 e. The Morgan fingerprint density at radius 1 is 1.25 bits per heavy atom. The molecule has 0 spiro atoms. The number of nitrogen functional groups attached to an aromatic ring is 1. The number of nitrogens with two attached hydrogens (primary N) is 2. The molecule has 28 heavy (non-hydrogen) atoms. The fraction of sp³-hybridized carbons (Fsp3) is 0.600. The highest BCUT2D eigenvalue weighted by Gasteiger charge is 2.27. The van der Waals surface area contributed by atoms with Crippen LogP contribution in [0.5, 0.6) is 5.75 Å². The smallest absolute Gasteiger partial charge is 0.255 e. The molecule has 2 aliphatic rings. The van der Waals surface area contributed by atoms with Crippen LogP contribution in [0.4, 0.5) is 5.69 Å². The Hall–Kier alpha value is -1.99. The summed E-state index contributed by atoms with van der Waals surface area (Å²) >= 11 is 6.20. The number of carbonyl (C=O) groups is 2. The molecule has 1 saturated heterocycles. The van der Waals surface area contributed by atoms with Crippen molar-refractivity contribution >= 4 is 29.1 Å². The maximum atomic E-state index is 12.8. The molecule has 2 heterocycles. The molecule has 5 N–H and O–H groups in total. The molecule has 3 rings (SSSR count). The number of ether oxygens (including phenoxy) is 1. The monoisotopic (exact) mass is 408 g/mol. The van der Waals surface area contributed by atoms with Gasteiger partial charge in [-0.3, -0.25) is 9.59 Å². The molecule has 8 heteroatoms. The maximum absolute atomic E-state index is 12.8. The number of hydrogen-bond acceptors (Lipinski definition) is 5. The molecule has 0 unspecified atom stereocenters. The van der Waals surface area contributed by atoms with Crippen LogP contribution >= 0.6 is 11.6 Å². The quantitative estimate of drug-likeness (QED) is 0.450. The van der Waals surface area contributed by atoms with Crippen LogP contribution in [-0.2, 0) is 11.2 Å². The third-order valence-corrected chi connectivity index (χ3v) is 5.85. The lowest BCUT2D eigenvalue weighted by Gasteiger charge is -2.32. The first-order chi connectivity index (χ1) is 13.5. The van der Waals surface area contributed by atoms with Crippen LogP contribution in [0.1, 0.15) is 54.4 Å². The number of unbranched alkanes of at least 4 members (excludes halogenated alkanes) is 2. The molecule has 0 radical (unpaired) electrons. The minimum absolute atomic E-state index is 0.145. The zero-order chi connectivity index (χ0) is 20.1. The molecular formula is C20H29ClN4O3. The van der Waals surface area contributed by atoms with E-state index in [2.05, 4.69) is 10.2 Å². The number of amides is 2. The number of likely N-dealkylation sites (tertiary alicyclic amines) is 1. The van der Waals surface area contributed by atoms with Gasteiger partial charge < -0.3 is 26.4 Å². The number of rotatable bonds is 8. The molecule has 7 nitrogen and oxygen atoms in total. The van der Waals surface area contributed by atoms with E-state index in [-0.39, 0.29) is 17.9 Å². The lowest BCUT2D eigenvalue weighted by atomic mass is 10.0. The van der Waals surface area contributed by atoms with E-state index in [9.17, 15) is 9.59 Å². The largest absolute Gasteiger partial charge is 0.492 e. The van der Waals surface area contributed by atoms with Crippen molar-refractivity contribution in [1.82, 2.24) is 10.2 Å². The standard InChI is InChI=1S/C20H29ClN4O3/c21-16-12-15(19-14(18(16)23)7-11-28-19)20(27)24-13-5-9-25(10-6-13)8-3-1-2-4-17(22)26/h12-13H,1-11,23H2,(H2,22,26)(H,24,27). The maximum Gasteiger partial charge on any atom is 0.255 e. The molecule has 154 valence electrons. The fourth-order valence-corrected chi connectivity index (χ4v) is 4.13. The number of anilines is 1. The Kier molecular flexibility index (Phi) is 7.02. The predicted molar refractivity (Wildman–Crippen MR) is 110 cm³/mol. The molecule has 1 aromatic carbocycles. The Balaban J connectivity index is 1.45. The van der Waals surface area contributed by atoms with Crippen LogP contribution in [0.3, 0.4) is 0 Å². The number of halogens is 1. The van der Waals surface area contributed by atoms with E-state index in [0.29, 0.717) is 41.5 Å². The average Bonchev–Trinajstić information content (AvgIpc) is 3.15. The Labute approximate surface area is 170 Å². The molecule has 0 bridgehead atoms. The van der Waals surface area contributed by atoms with Gasteiger partial charge in [0.25, 0.3) is 5.91 Å². The fourth-order valence-electron chi connectivity index (χ4n) is 3.91. The van der Waals surface area contributed by atoms with Crippen molar-refractivity contribution in [1.29, 1.82) is 0 Å². The van der Waals surface area contributed by atoms with Gasteiger partial charge >= 0.3 is 0 Å². The lowest BCUT2D eigenvalue weighted by Crippen LogP contribution is -2.44. The molecule has 0 saturated carbocycles. The third kappa shape index (κ3) is 5.08. The van der Waals surface area contributed by atoms with Gasteiger partial charge in [0, 0.05) is 37.5 Å². The minimum atomic E-state index is -0.227. The summed E-state index contributed by atoms with van der Waals surface area (Å²) in [6.45, 7) is 3.46. The molecule has 0 aliphatic carbocycles. The Bertz CT molecular complexity index is 733. The highest BCUT2D eigenvalue weighted by Crippen LogP contribution is 2.38. The topological polar surface area (TPSA) is 111 Å². The van der Waals surface area contributed by atoms with Crippen molar-refractivity contribution < 1.29 is 14.3 Å². The second kappa shape index (κ2) is 9.47. The summed E-state index contributed by atoms with van der Waals surface area (Å²) in [5.41, 5.74) is 13.0. The van der Waals surface area contributed by atoms with Crippen LogP contribution in [-0.4, -0.2) is 49.0 Å². The van der Waals surface area contributed by atoms with E-state index in [0.717, 1.165) is 57.3 Å². The summed E-state index contributed by atoms with van der Waals surface area (Å²) in [6, 6.07) is 1.75. The highest BCUT2D eigenvalue weighted by molar-refractivity contribution is 6.33. The second-order valence-corrected chi connectivity index (χ2v) is 8.00. The average molecular weight is 409 g/mol. The second-order valence-electron chi connectivity index (χ2n) is 7.59. The van der Waals surface area contributed by atoms with Gasteiger partial charge in [0.2, 0.25) is 5.91 Å². The van der Waals surface area contributed by atoms with Crippen molar-refractivity contribution in [2.24, 2.45) is 5.73 Å². The number of primary amides is 1. The molecule has 2 amide bonds. The zero-order valence-corrected chi connectivity index (χ0v) is 16.9. The van der Waals surface area contributed by atoms with E-state index in [1.165, 1.54) is 0 Å². The van der Waals surface area contributed by atoms with Crippen LogP contribution in [0, 0.1) is 0 Å². The summed E-state index contributed by atoms with van der Waals surface area (Å²) in [5.74, 6) is 0.202. The van der Waals surface area contributed by atoms with E-state index in [4.69, 9.17) is 27.8 Å². The molecule has 2 aliphatic heterocycles. The van der Waals surface area contributed by atoms with Crippen molar-refractivity contribution in [2.75, 3.05) is 32.0 Å². The van der Waals surface area contributed by atoms with Gasteiger partial charge in [0.1, 0.15) is 5.75 Å². The normalized spacial score (nSPS) is 17.2. The molecule has 0 aromatic heterocycles. The zero-order valence-electron chi connectivity index (χ0n) is 16.1. The highest BCUT2D eigenvalue weighted by atomic mass is 35.5. The summed E-state index contributed by atoms with van der Waals surface area (Å²) in [4.78, 5) is 25.9. The van der Waals surface area contributed by atoms with Gasteiger partial charge in [-0.25, -0.2) is 0 Å². The molecule has 1 aromatic rings. The number of nitrogens with zero attached hydrogens (tertiary/aromatic N) is 1. The first-order valence-electron chi connectivity index (χ1n) is 10.0. The molecule has 0 atom stereocenters. The van der Waals surface area contributed by atoms with Crippen LogP contribution in [0.15, 0.2) is 6.07 Å². The van der Waals surface area contributed by atoms with E-state index in [1.807, 2.05) is 0 Å². The first kappa shape index (κ1) is 20.7. The summed E-state index contributed by atoms with van der Waals surface area (Å²) in [7, 11) is 0. The SMILES string of the molecule is NC(=O)CCCCCN1CCC(NC(=O)c2cc(Cl)c(N)c3c2OCC3)CC1. The van der Waals surface area contributed by atoms with Gasteiger partial charge in [-0.1, -0.05) is 18.0 Å². The number of carbonyl (C=O) groups excluding carboxylic acids is 2. The summed E-state index contributed by atoms with van der Waals surface area (Å²) in [5, 5.41) is 3.53. The van der Waals surface area contributed by atoms with Gasteiger partial charge in [0.15, 0.2) is 0 Å². The van der Waals surface area contributed by atoms with Crippen molar-refractivity contribution in [3.8, 4) is 5.75 Å². The van der Waals surface area contributed by atoms with Crippen molar-refractivity contribution in [2.45, 2.75) is 51.0 Å². The van der Waals surface area contributed by atoms with Crippen molar-refractivity contribution in [3.63, 3.8) is 0 Å². The number of benzene rings is 1. The summed E-state index contributed by atoms with van der Waals surface area (Å²) < 4.78 is 5.64. The molecule has 1 fully saturated rings. The summed E-state index contributed by atoms with van der Waals surface area (Å²) in [6.07, 6.45) is 5.92.